The molecular weight excluding hydrogens is 452 g/mol. The van der Waals surface area contributed by atoms with E-state index in [0.29, 0.717) is 37.2 Å². The van der Waals surface area contributed by atoms with Gasteiger partial charge in [0.05, 0.1) is 6.33 Å². The molecule has 6 N–H and O–H groups in total. The topological polar surface area (TPSA) is 164 Å². The Hall–Kier alpha value is -3.32. The van der Waals surface area contributed by atoms with Gasteiger partial charge in [0.15, 0.2) is 17.7 Å². The van der Waals surface area contributed by atoms with E-state index >= 15 is 0 Å². The van der Waals surface area contributed by atoms with Gasteiger partial charge in [-0.3, -0.25) is 4.57 Å². The number of aryl methyl sites for hydroxylation is 1. The van der Waals surface area contributed by atoms with E-state index in [0.717, 1.165) is 17.7 Å². The highest BCUT2D eigenvalue weighted by Gasteiger charge is 2.44. The summed E-state index contributed by atoms with van der Waals surface area (Å²) in [6, 6.07) is 7.50. The number of aliphatic hydroxyl groups excluding tert-OH is 2. The highest BCUT2D eigenvalue weighted by atomic mass is 16.6. The average molecular weight is 485 g/mol. The van der Waals surface area contributed by atoms with Crippen LogP contribution in [0.2, 0.25) is 0 Å². The van der Waals surface area contributed by atoms with Crippen LogP contribution in [-0.2, 0) is 11.2 Å². The number of carbonyl (C=O) groups is 1. The molecule has 3 aromatic rings. The normalized spacial score (nSPS) is 22.1. The van der Waals surface area contributed by atoms with E-state index in [-0.39, 0.29) is 11.8 Å². The summed E-state index contributed by atoms with van der Waals surface area (Å²) >= 11 is 0. The van der Waals surface area contributed by atoms with Crippen LogP contribution in [0.3, 0.4) is 0 Å². The highest BCUT2D eigenvalue weighted by molar-refractivity contribution is 5.89. The summed E-state index contributed by atoms with van der Waals surface area (Å²) in [4.78, 5) is 26.4. The number of aliphatic hydroxyl groups is 2. The summed E-state index contributed by atoms with van der Waals surface area (Å²) in [6.07, 6.45) is 0.699. The molecule has 3 heterocycles. The fraction of sp³-hybridized carbons (Fsp3) is 0.478. The number of hydrogen-bond donors (Lipinski definition) is 5. The Labute approximate surface area is 203 Å². The molecule has 2 amide bonds. The van der Waals surface area contributed by atoms with Crippen molar-refractivity contribution in [3.8, 4) is 0 Å². The van der Waals surface area contributed by atoms with Crippen LogP contribution in [-0.4, -0.2) is 85.7 Å². The minimum absolute atomic E-state index is 0.231. The monoisotopic (exact) mass is 484 g/mol. The molecule has 12 heteroatoms. The van der Waals surface area contributed by atoms with E-state index in [1.807, 2.05) is 36.2 Å². The quantitative estimate of drug-likeness (QED) is 0.275. The number of imidazole rings is 1. The van der Waals surface area contributed by atoms with Crippen LogP contribution in [0.1, 0.15) is 25.1 Å². The number of aromatic nitrogens is 4. The van der Waals surface area contributed by atoms with Crippen molar-refractivity contribution in [3.05, 3.63) is 42.5 Å². The number of carbonyl (C=O) groups excluding carboxylic acids is 1. The molecular formula is C23H32N8O4. The van der Waals surface area contributed by atoms with Gasteiger partial charge in [0, 0.05) is 18.8 Å². The molecule has 0 bridgehead atoms. The lowest BCUT2D eigenvalue weighted by atomic mass is 10.1. The SMILES string of the molecule is CCc1cccc(NC(=O)NCCCN(C)C[C@H]2OC(n3cnc4c(N)ncnc43)[C@H](O)[C@@H]2O)c1. The zero-order valence-electron chi connectivity index (χ0n) is 19.8. The number of amides is 2. The van der Waals surface area contributed by atoms with Crippen LogP contribution < -0.4 is 16.4 Å². The first-order chi connectivity index (χ1) is 16.9. The first-order valence-electron chi connectivity index (χ1n) is 11.6. The number of nitrogens with one attached hydrogen (secondary N) is 2. The molecule has 1 aliphatic rings. The summed E-state index contributed by atoms with van der Waals surface area (Å²) in [5.74, 6) is 0.231. The van der Waals surface area contributed by atoms with Crippen molar-refractivity contribution in [1.29, 1.82) is 0 Å². The third-order valence-electron chi connectivity index (χ3n) is 6.09. The van der Waals surface area contributed by atoms with Crippen molar-refractivity contribution < 1.29 is 19.7 Å². The molecule has 4 atom stereocenters. The predicted octanol–water partition coefficient (Wildman–Crippen LogP) is 0.734. The number of benzene rings is 1. The fourth-order valence-electron chi connectivity index (χ4n) is 4.16. The number of nitrogens with two attached hydrogens (primary N) is 1. The van der Waals surface area contributed by atoms with Crippen LogP contribution >= 0.6 is 0 Å². The molecule has 4 rings (SSSR count). The standard InChI is InChI=1S/C23H32N8O4/c1-3-14-6-4-7-15(10-14)29-23(34)25-8-5-9-30(2)11-16-18(32)19(33)22(35-16)31-13-28-17-20(24)26-12-27-21(17)31/h4,6-7,10,12-13,16,18-19,22,32-33H,3,5,8-9,11H2,1-2H3,(H2,24,26,27)(H2,25,29,34)/t16-,18-,19-,22?/m1/s1. The second-order valence-corrected chi connectivity index (χ2v) is 8.68. The average Bonchev–Trinajstić information content (AvgIpc) is 3.39. The van der Waals surface area contributed by atoms with Crippen molar-refractivity contribution in [2.75, 3.05) is 37.7 Å². The molecule has 0 spiro atoms. The second kappa shape index (κ2) is 11.0. The molecule has 0 aliphatic carbocycles. The number of urea groups is 1. The van der Waals surface area contributed by atoms with Crippen LogP contribution in [0.15, 0.2) is 36.9 Å². The predicted molar refractivity (Wildman–Crippen MR) is 131 cm³/mol. The molecule has 1 aliphatic heterocycles. The van der Waals surface area contributed by atoms with Gasteiger partial charge in [0.25, 0.3) is 0 Å². The maximum Gasteiger partial charge on any atom is 0.319 e. The summed E-state index contributed by atoms with van der Waals surface area (Å²) in [6.45, 7) is 3.62. The highest BCUT2D eigenvalue weighted by Crippen LogP contribution is 2.32. The van der Waals surface area contributed by atoms with E-state index in [2.05, 4.69) is 32.5 Å². The summed E-state index contributed by atoms with van der Waals surface area (Å²) in [5.41, 5.74) is 8.59. The maximum absolute atomic E-state index is 12.1. The minimum Gasteiger partial charge on any atom is -0.387 e. The van der Waals surface area contributed by atoms with E-state index in [1.54, 1.807) is 4.57 Å². The van der Waals surface area contributed by atoms with Crippen LogP contribution in [0, 0.1) is 0 Å². The van der Waals surface area contributed by atoms with Crippen molar-refractivity contribution >= 4 is 28.7 Å². The zero-order chi connectivity index (χ0) is 24.9. The lowest BCUT2D eigenvalue weighted by Gasteiger charge is -2.22. The van der Waals surface area contributed by atoms with Gasteiger partial charge >= 0.3 is 6.03 Å². The van der Waals surface area contributed by atoms with Gasteiger partial charge in [-0.15, -0.1) is 0 Å². The van der Waals surface area contributed by atoms with Gasteiger partial charge < -0.3 is 36.2 Å². The van der Waals surface area contributed by atoms with Crippen molar-refractivity contribution in [2.45, 2.75) is 44.3 Å². The summed E-state index contributed by atoms with van der Waals surface area (Å²) in [5, 5.41) is 26.9. The fourth-order valence-corrected chi connectivity index (χ4v) is 4.16. The Morgan fingerprint density at radius 2 is 2.09 bits per heavy atom. The molecule has 1 fully saturated rings. The maximum atomic E-state index is 12.1. The van der Waals surface area contributed by atoms with Gasteiger partial charge in [-0.25, -0.2) is 19.7 Å². The number of ether oxygens (including phenoxy) is 1. The summed E-state index contributed by atoms with van der Waals surface area (Å²) < 4.78 is 7.53. The minimum atomic E-state index is -1.15. The number of likely N-dealkylation sites (N-methyl/N-ethyl adjacent to an activating group) is 1. The third-order valence-corrected chi connectivity index (χ3v) is 6.09. The molecule has 35 heavy (non-hydrogen) atoms. The van der Waals surface area contributed by atoms with Gasteiger partial charge in [-0.1, -0.05) is 19.1 Å². The van der Waals surface area contributed by atoms with Gasteiger partial charge in [-0.05, 0) is 44.1 Å². The van der Waals surface area contributed by atoms with Crippen molar-refractivity contribution in [3.63, 3.8) is 0 Å². The Balaban J connectivity index is 1.23. The second-order valence-electron chi connectivity index (χ2n) is 8.68. The molecule has 1 saturated heterocycles. The number of rotatable bonds is 9. The lowest BCUT2D eigenvalue weighted by Crippen LogP contribution is -2.39. The number of anilines is 2. The van der Waals surface area contributed by atoms with Gasteiger partial charge in [0.2, 0.25) is 0 Å². The van der Waals surface area contributed by atoms with Crippen molar-refractivity contribution in [1.82, 2.24) is 29.7 Å². The molecule has 0 saturated carbocycles. The van der Waals surface area contributed by atoms with Crippen LogP contribution in [0.25, 0.3) is 11.2 Å². The molecule has 1 unspecified atom stereocenters. The lowest BCUT2D eigenvalue weighted by molar-refractivity contribution is -0.0421. The largest absolute Gasteiger partial charge is 0.387 e. The van der Waals surface area contributed by atoms with Crippen LogP contribution in [0.5, 0.6) is 0 Å². The third kappa shape index (κ3) is 5.68. The molecule has 2 aromatic heterocycles. The Bertz CT molecular complexity index is 1160. The number of hydrogen-bond acceptors (Lipinski definition) is 9. The van der Waals surface area contributed by atoms with E-state index < -0.39 is 24.5 Å². The zero-order valence-corrected chi connectivity index (χ0v) is 19.8. The van der Waals surface area contributed by atoms with Gasteiger partial charge in [-0.2, -0.15) is 0 Å². The first kappa shape index (κ1) is 24.8. The van der Waals surface area contributed by atoms with Crippen LogP contribution in [0.4, 0.5) is 16.3 Å². The Morgan fingerprint density at radius 3 is 2.89 bits per heavy atom. The van der Waals surface area contributed by atoms with Crippen molar-refractivity contribution in [2.24, 2.45) is 0 Å². The van der Waals surface area contributed by atoms with Gasteiger partial charge in [0.1, 0.15) is 30.2 Å². The number of fused-ring (bicyclic) bond motifs is 1. The molecule has 12 nitrogen and oxygen atoms in total. The van der Waals surface area contributed by atoms with E-state index in [9.17, 15) is 15.0 Å². The first-order valence-corrected chi connectivity index (χ1v) is 11.6. The van der Waals surface area contributed by atoms with E-state index in [1.165, 1.54) is 12.7 Å². The Kier molecular flexibility index (Phi) is 7.76. The Morgan fingerprint density at radius 1 is 1.26 bits per heavy atom. The van der Waals surface area contributed by atoms with E-state index in [4.69, 9.17) is 10.5 Å². The molecule has 188 valence electrons. The number of nitrogen functional groups attached to an aromatic ring is 1. The molecule has 0 radical (unpaired) electrons. The summed E-state index contributed by atoms with van der Waals surface area (Å²) in [7, 11) is 1.90. The number of nitrogens with zero attached hydrogens (tertiary/aromatic N) is 5. The smallest absolute Gasteiger partial charge is 0.319 e. The molecule has 1 aromatic carbocycles.